The molecule has 2 rings (SSSR count). The van der Waals surface area contributed by atoms with E-state index in [1.807, 2.05) is 39.0 Å². The maximum atomic E-state index is 11.9. The highest BCUT2D eigenvalue weighted by Gasteiger charge is 2.22. The van der Waals surface area contributed by atoms with Crippen molar-refractivity contribution in [1.82, 2.24) is 10.2 Å². The molecule has 0 saturated carbocycles. The van der Waals surface area contributed by atoms with E-state index >= 15 is 0 Å². The van der Waals surface area contributed by atoms with E-state index in [9.17, 15) is 4.79 Å². The Morgan fingerprint density at radius 1 is 1.21 bits per heavy atom. The molecule has 2 N–H and O–H groups in total. The Hall–Kier alpha value is -1.37. The predicted octanol–water partition coefficient (Wildman–Crippen LogP) is 2.95. The molecule has 0 aliphatic carbocycles. The van der Waals surface area contributed by atoms with Gasteiger partial charge in [0, 0.05) is 37.3 Å². The summed E-state index contributed by atoms with van der Waals surface area (Å²) in [6.07, 6.45) is 0. The highest BCUT2D eigenvalue weighted by molar-refractivity contribution is 7.80. The van der Waals surface area contributed by atoms with Crippen LogP contribution in [0.4, 0.5) is 11.4 Å². The van der Waals surface area contributed by atoms with E-state index in [-0.39, 0.29) is 11.0 Å². The van der Waals surface area contributed by atoms with Crippen molar-refractivity contribution in [1.29, 1.82) is 0 Å². The van der Waals surface area contributed by atoms with Gasteiger partial charge in [-0.25, -0.2) is 0 Å². The molecule has 0 radical (unpaired) electrons. The van der Waals surface area contributed by atoms with Crippen LogP contribution < -0.4 is 15.5 Å². The molecule has 1 aliphatic rings. The zero-order valence-electron chi connectivity index (χ0n) is 14.6. The van der Waals surface area contributed by atoms with Crippen LogP contribution in [0, 0.1) is 5.41 Å². The molecular formula is C17H25ClN4OS. The zero-order valence-corrected chi connectivity index (χ0v) is 16.2. The van der Waals surface area contributed by atoms with E-state index in [0.717, 1.165) is 37.6 Å². The molecule has 0 aromatic heterocycles. The molecule has 1 heterocycles. The van der Waals surface area contributed by atoms with Crippen LogP contribution in [0.15, 0.2) is 18.2 Å². The number of benzene rings is 1. The summed E-state index contributed by atoms with van der Waals surface area (Å²) in [6.45, 7) is 9.50. The summed E-state index contributed by atoms with van der Waals surface area (Å²) < 4.78 is 0. The summed E-state index contributed by atoms with van der Waals surface area (Å²) in [6, 6.07) is 5.75. The summed E-state index contributed by atoms with van der Waals surface area (Å²) >= 11 is 11.6. The molecule has 1 fully saturated rings. The number of thiocarbonyl (C=S) groups is 1. The van der Waals surface area contributed by atoms with Gasteiger partial charge in [0.15, 0.2) is 5.11 Å². The number of piperazine rings is 1. The maximum absolute atomic E-state index is 11.9. The minimum absolute atomic E-state index is 0.125. The molecular weight excluding hydrogens is 344 g/mol. The quantitative estimate of drug-likeness (QED) is 0.786. The van der Waals surface area contributed by atoms with E-state index in [4.69, 9.17) is 23.8 Å². The molecule has 0 bridgehead atoms. The minimum Gasteiger partial charge on any atom is -0.368 e. The summed E-state index contributed by atoms with van der Waals surface area (Å²) in [5.74, 6) is -0.125. The van der Waals surface area contributed by atoms with Gasteiger partial charge in [0.05, 0.1) is 10.7 Å². The van der Waals surface area contributed by atoms with Crippen LogP contribution in [0.1, 0.15) is 20.8 Å². The fourth-order valence-corrected chi connectivity index (χ4v) is 2.85. The molecule has 1 amide bonds. The van der Waals surface area contributed by atoms with Crippen molar-refractivity contribution in [3.8, 4) is 0 Å². The average molecular weight is 369 g/mol. The van der Waals surface area contributed by atoms with Crippen LogP contribution in [-0.2, 0) is 4.79 Å². The van der Waals surface area contributed by atoms with Gasteiger partial charge in [-0.2, -0.15) is 0 Å². The number of carbonyl (C=O) groups is 1. The van der Waals surface area contributed by atoms with Crippen molar-refractivity contribution in [2.45, 2.75) is 20.8 Å². The number of anilines is 2. The molecule has 1 aliphatic heterocycles. The lowest BCUT2D eigenvalue weighted by Crippen LogP contribution is -2.44. The number of likely N-dealkylation sites (N-methyl/N-ethyl adjacent to an activating group) is 1. The van der Waals surface area contributed by atoms with Gasteiger partial charge in [-0.1, -0.05) is 32.4 Å². The first-order valence-corrected chi connectivity index (χ1v) is 8.81. The van der Waals surface area contributed by atoms with Crippen LogP contribution in [0.25, 0.3) is 0 Å². The predicted molar refractivity (Wildman–Crippen MR) is 105 cm³/mol. The fraction of sp³-hybridized carbons (Fsp3) is 0.529. The number of halogens is 1. The second-order valence-electron chi connectivity index (χ2n) is 7.11. The largest absolute Gasteiger partial charge is 0.368 e. The van der Waals surface area contributed by atoms with Gasteiger partial charge in [-0.3, -0.25) is 4.79 Å². The zero-order chi connectivity index (χ0) is 17.9. The third-order valence-corrected chi connectivity index (χ3v) is 4.46. The SMILES string of the molecule is CN1CCN(c2ccc(NC(=S)NC(=O)C(C)(C)C)cc2Cl)CC1. The number of hydrogen-bond acceptors (Lipinski definition) is 4. The van der Waals surface area contributed by atoms with Crippen LogP contribution in [0.2, 0.25) is 5.02 Å². The van der Waals surface area contributed by atoms with Crippen molar-refractivity contribution in [3.05, 3.63) is 23.2 Å². The second-order valence-corrected chi connectivity index (χ2v) is 7.93. The Kier molecular flexibility index (Phi) is 6.06. The molecule has 1 saturated heterocycles. The number of hydrogen-bond donors (Lipinski definition) is 2. The first kappa shape index (κ1) is 19.0. The monoisotopic (exact) mass is 368 g/mol. The molecule has 1 aromatic rings. The molecule has 5 nitrogen and oxygen atoms in total. The normalized spacial score (nSPS) is 16.0. The van der Waals surface area contributed by atoms with Crippen molar-refractivity contribution in [2.75, 3.05) is 43.4 Å². The third-order valence-electron chi connectivity index (χ3n) is 3.96. The van der Waals surface area contributed by atoms with E-state index in [1.54, 1.807) is 0 Å². The summed E-state index contributed by atoms with van der Waals surface area (Å²) in [5, 5.41) is 6.66. The van der Waals surface area contributed by atoms with Crippen molar-refractivity contribution in [2.24, 2.45) is 5.41 Å². The van der Waals surface area contributed by atoms with Gasteiger partial charge < -0.3 is 20.4 Å². The van der Waals surface area contributed by atoms with Gasteiger partial charge in [0.1, 0.15) is 0 Å². The highest BCUT2D eigenvalue weighted by Crippen LogP contribution is 2.29. The lowest BCUT2D eigenvalue weighted by atomic mass is 9.96. The van der Waals surface area contributed by atoms with Crippen molar-refractivity contribution < 1.29 is 4.79 Å². The lowest BCUT2D eigenvalue weighted by molar-refractivity contribution is -0.126. The Morgan fingerprint density at radius 3 is 2.38 bits per heavy atom. The standard InChI is InChI=1S/C17H25ClN4OS/c1-17(2,3)15(23)20-16(24)19-12-5-6-14(13(18)11-12)22-9-7-21(4)8-10-22/h5-6,11H,7-10H2,1-4H3,(H2,19,20,23,24). The number of carbonyl (C=O) groups excluding carboxylic acids is 1. The molecule has 0 unspecified atom stereocenters. The van der Waals surface area contributed by atoms with Crippen molar-refractivity contribution >= 4 is 46.2 Å². The fourth-order valence-electron chi connectivity index (χ4n) is 2.34. The van der Waals surface area contributed by atoms with Gasteiger partial charge in [-0.05, 0) is 37.5 Å². The van der Waals surface area contributed by atoms with Gasteiger partial charge >= 0.3 is 0 Å². The molecule has 1 aromatic carbocycles. The Labute approximate surface area is 154 Å². The Bertz CT molecular complexity index is 622. The number of amides is 1. The highest BCUT2D eigenvalue weighted by atomic mass is 35.5. The van der Waals surface area contributed by atoms with E-state index in [2.05, 4.69) is 27.5 Å². The minimum atomic E-state index is -0.491. The molecule has 24 heavy (non-hydrogen) atoms. The number of nitrogens with one attached hydrogen (secondary N) is 2. The Morgan fingerprint density at radius 2 is 1.83 bits per heavy atom. The Balaban J connectivity index is 1.99. The van der Waals surface area contributed by atoms with Crippen LogP contribution in [0.3, 0.4) is 0 Å². The van der Waals surface area contributed by atoms with Crippen molar-refractivity contribution in [3.63, 3.8) is 0 Å². The van der Waals surface area contributed by atoms with Crippen LogP contribution >= 0.6 is 23.8 Å². The second kappa shape index (κ2) is 7.68. The van der Waals surface area contributed by atoms with Crippen LogP contribution in [-0.4, -0.2) is 49.1 Å². The van der Waals surface area contributed by atoms with E-state index in [0.29, 0.717) is 5.02 Å². The first-order chi connectivity index (χ1) is 11.2. The summed E-state index contributed by atoms with van der Waals surface area (Å²) in [4.78, 5) is 16.5. The number of nitrogens with zero attached hydrogens (tertiary/aromatic N) is 2. The summed E-state index contributed by atoms with van der Waals surface area (Å²) in [5.41, 5.74) is 1.30. The smallest absolute Gasteiger partial charge is 0.231 e. The van der Waals surface area contributed by atoms with Gasteiger partial charge in [0.25, 0.3) is 0 Å². The molecule has 0 atom stereocenters. The average Bonchev–Trinajstić information content (AvgIpc) is 2.47. The van der Waals surface area contributed by atoms with Gasteiger partial charge in [0.2, 0.25) is 5.91 Å². The van der Waals surface area contributed by atoms with E-state index in [1.165, 1.54) is 0 Å². The first-order valence-electron chi connectivity index (χ1n) is 8.02. The molecule has 7 heteroatoms. The molecule has 132 valence electrons. The van der Waals surface area contributed by atoms with E-state index < -0.39 is 5.41 Å². The molecule has 0 spiro atoms. The summed E-state index contributed by atoms with van der Waals surface area (Å²) in [7, 11) is 2.12. The van der Waals surface area contributed by atoms with Crippen LogP contribution in [0.5, 0.6) is 0 Å². The third kappa shape index (κ3) is 5.06. The maximum Gasteiger partial charge on any atom is 0.231 e. The van der Waals surface area contributed by atoms with Gasteiger partial charge in [-0.15, -0.1) is 0 Å². The lowest BCUT2D eigenvalue weighted by Gasteiger charge is -2.34. The topological polar surface area (TPSA) is 47.6 Å². The number of rotatable bonds is 2.